The molecule has 0 unspecified atom stereocenters. The van der Waals surface area contributed by atoms with Gasteiger partial charge in [-0.3, -0.25) is 4.79 Å². The van der Waals surface area contributed by atoms with Gasteiger partial charge in [-0.1, -0.05) is 23.7 Å². The van der Waals surface area contributed by atoms with Gasteiger partial charge in [-0.15, -0.1) is 0 Å². The van der Waals surface area contributed by atoms with E-state index in [1.165, 1.54) is 28.6 Å². The molecule has 1 heterocycles. The summed E-state index contributed by atoms with van der Waals surface area (Å²) in [6.45, 7) is 4.29. The summed E-state index contributed by atoms with van der Waals surface area (Å²) in [7, 11) is -3.89. The second-order valence-corrected chi connectivity index (χ2v) is 9.85. The van der Waals surface area contributed by atoms with Crippen LogP contribution in [-0.4, -0.2) is 38.3 Å². The minimum absolute atomic E-state index is 0.00240. The molecule has 0 radical (unpaired) electrons. The van der Waals surface area contributed by atoms with Crippen LogP contribution < -0.4 is 10.1 Å². The first-order valence-corrected chi connectivity index (χ1v) is 12.0. The predicted molar refractivity (Wildman–Crippen MR) is 117 cm³/mol. The molecule has 0 aromatic heterocycles. The molecule has 1 saturated heterocycles. The molecule has 6 nitrogen and oxygen atoms in total. The Morgan fingerprint density at radius 3 is 2.68 bits per heavy atom. The molecule has 0 spiro atoms. The first kappa shape index (κ1) is 23.5. The Hall–Kier alpha value is -2.16. The quantitative estimate of drug-likeness (QED) is 0.662. The first-order chi connectivity index (χ1) is 14.7. The lowest BCUT2D eigenvalue weighted by atomic mass is 9.98. The summed E-state index contributed by atoms with van der Waals surface area (Å²) < 4.78 is 46.5. The lowest BCUT2D eigenvalue weighted by Crippen LogP contribution is -2.45. The summed E-state index contributed by atoms with van der Waals surface area (Å²) in [5, 5.41) is 3.20. The number of ether oxygens (including phenoxy) is 1. The highest BCUT2D eigenvalue weighted by Gasteiger charge is 2.35. The van der Waals surface area contributed by atoms with Crippen molar-refractivity contribution >= 4 is 27.5 Å². The Bertz CT molecular complexity index is 1030. The Kier molecular flexibility index (Phi) is 7.56. The topological polar surface area (TPSA) is 75.7 Å². The zero-order chi connectivity index (χ0) is 22.6. The van der Waals surface area contributed by atoms with E-state index in [1.54, 1.807) is 25.1 Å². The summed E-state index contributed by atoms with van der Waals surface area (Å²) in [5.74, 6) is -0.819. The molecular formula is C22H26ClFN2O4S. The maximum atomic E-state index is 13.3. The molecule has 31 heavy (non-hydrogen) atoms. The third kappa shape index (κ3) is 5.56. The lowest BCUT2D eigenvalue weighted by molar-refractivity contribution is -0.126. The number of carbonyl (C=O) groups is 1. The summed E-state index contributed by atoms with van der Waals surface area (Å²) in [6, 6.07) is 10.1. The second kappa shape index (κ2) is 9.97. The van der Waals surface area contributed by atoms with E-state index in [0.717, 1.165) is 5.56 Å². The van der Waals surface area contributed by atoms with Crippen molar-refractivity contribution in [3.05, 3.63) is 58.9 Å². The van der Waals surface area contributed by atoms with E-state index in [1.807, 2.05) is 6.92 Å². The SMILES string of the molecule is CCOc1ccc(Cl)cc1S(=O)(=O)N1CCC[C@@H](C(=O)N[C@@H](C)c2ccc(F)cc2)C1. The van der Waals surface area contributed by atoms with Gasteiger partial charge in [-0.05, 0) is 62.6 Å². The van der Waals surface area contributed by atoms with Gasteiger partial charge < -0.3 is 10.1 Å². The number of hydrogen-bond donors (Lipinski definition) is 1. The average molecular weight is 469 g/mol. The van der Waals surface area contributed by atoms with Crippen LogP contribution in [0.25, 0.3) is 0 Å². The van der Waals surface area contributed by atoms with Crippen LogP contribution in [0, 0.1) is 11.7 Å². The molecule has 0 saturated carbocycles. The van der Waals surface area contributed by atoms with Gasteiger partial charge in [0, 0.05) is 18.1 Å². The van der Waals surface area contributed by atoms with E-state index in [4.69, 9.17) is 16.3 Å². The van der Waals surface area contributed by atoms with Crippen LogP contribution in [0.2, 0.25) is 5.02 Å². The molecular weight excluding hydrogens is 443 g/mol. The van der Waals surface area contributed by atoms with Gasteiger partial charge >= 0.3 is 0 Å². The summed E-state index contributed by atoms with van der Waals surface area (Å²) in [5.41, 5.74) is 0.773. The third-order valence-electron chi connectivity index (χ3n) is 5.31. The number of sulfonamides is 1. The monoisotopic (exact) mass is 468 g/mol. The molecule has 2 atom stereocenters. The molecule has 1 aliphatic rings. The molecule has 2 aromatic rings. The van der Waals surface area contributed by atoms with Gasteiger partial charge in [0.2, 0.25) is 15.9 Å². The van der Waals surface area contributed by atoms with Crippen molar-refractivity contribution < 1.29 is 22.3 Å². The maximum absolute atomic E-state index is 13.3. The van der Waals surface area contributed by atoms with E-state index in [2.05, 4.69) is 5.32 Å². The van der Waals surface area contributed by atoms with Crippen molar-refractivity contribution in [3.8, 4) is 5.75 Å². The lowest BCUT2D eigenvalue weighted by Gasteiger charge is -2.32. The summed E-state index contributed by atoms with van der Waals surface area (Å²) >= 11 is 6.04. The van der Waals surface area contributed by atoms with E-state index >= 15 is 0 Å². The zero-order valence-electron chi connectivity index (χ0n) is 17.5. The zero-order valence-corrected chi connectivity index (χ0v) is 19.0. The Morgan fingerprint density at radius 1 is 1.29 bits per heavy atom. The van der Waals surface area contributed by atoms with Gasteiger partial charge in [0.1, 0.15) is 16.5 Å². The van der Waals surface area contributed by atoms with Crippen LogP contribution >= 0.6 is 11.6 Å². The molecule has 9 heteroatoms. The van der Waals surface area contributed by atoms with Crippen LogP contribution in [-0.2, 0) is 14.8 Å². The normalized spacial score (nSPS) is 18.4. The molecule has 1 amide bonds. The van der Waals surface area contributed by atoms with Gasteiger partial charge in [0.05, 0.1) is 18.6 Å². The van der Waals surface area contributed by atoms with Crippen molar-refractivity contribution in [3.63, 3.8) is 0 Å². The minimum atomic E-state index is -3.89. The number of rotatable bonds is 7. The summed E-state index contributed by atoms with van der Waals surface area (Å²) in [4.78, 5) is 12.8. The first-order valence-electron chi connectivity index (χ1n) is 10.2. The summed E-state index contributed by atoms with van der Waals surface area (Å²) in [6.07, 6.45) is 1.15. The fourth-order valence-electron chi connectivity index (χ4n) is 3.64. The van der Waals surface area contributed by atoms with Crippen LogP contribution in [0.15, 0.2) is 47.4 Å². The number of benzene rings is 2. The molecule has 3 rings (SSSR count). The highest BCUT2D eigenvalue weighted by atomic mass is 35.5. The van der Waals surface area contributed by atoms with Gasteiger partial charge in [-0.2, -0.15) is 4.31 Å². The van der Waals surface area contributed by atoms with E-state index < -0.39 is 15.9 Å². The Morgan fingerprint density at radius 2 is 2.00 bits per heavy atom. The average Bonchev–Trinajstić information content (AvgIpc) is 2.75. The van der Waals surface area contributed by atoms with Gasteiger partial charge in [0.25, 0.3) is 0 Å². The smallest absolute Gasteiger partial charge is 0.246 e. The van der Waals surface area contributed by atoms with Crippen molar-refractivity contribution in [2.75, 3.05) is 19.7 Å². The molecule has 168 valence electrons. The maximum Gasteiger partial charge on any atom is 0.246 e. The Labute approximate surface area is 187 Å². The number of carbonyl (C=O) groups excluding carboxylic acids is 1. The highest BCUT2D eigenvalue weighted by Crippen LogP contribution is 2.32. The number of hydrogen-bond acceptors (Lipinski definition) is 4. The minimum Gasteiger partial charge on any atom is -0.492 e. The predicted octanol–water partition coefficient (Wildman–Crippen LogP) is 4.16. The van der Waals surface area contributed by atoms with Crippen LogP contribution in [0.1, 0.15) is 38.3 Å². The van der Waals surface area contributed by atoms with Gasteiger partial charge in [-0.25, -0.2) is 12.8 Å². The number of nitrogens with zero attached hydrogens (tertiary/aromatic N) is 1. The van der Waals surface area contributed by atoms with Gasteiger partial charge in [0.15, 0.2) is 0 Å². The van der Waals surface area contributed by atoms with Crippen LogP contribution in [0.3, 0.4) is 0 Å². The third-order valence-corrected chi connectivity index (χ3v) is 7.43. The highest BCUT2D eigenvalue weighted by molar-refractivity contribution is 7.89. The number of halogens is 2. The number of piperidine rings is 1. The van der Waals surface area contributed by atoms with E-state index in [9.17, 15) is 17.6 Å². The second-order valence-electron chi connectivity index (χ2n) is 7.51. The van der Waals surface area contributed by atoms with Crippen molar-refractivity contribution in [1.29, 1.82) is 0 Å². The molecule has 1 aliphatic heterocycles. The molecule has 0 aliphatic carbocycles. The largest absolute Gasteiger partial charge is 0.492 e. The number of nitrogens with one attached hydrogen (secondary N) is 1. The standard InChI is InChI=1S/C22H26ClFN2O4S/c1-3-30-20-11-8-18(23)13-21(20)31(28,29)26-12-4-5-17(14-26)22(27)25-15(2)16-6-9-19(24)10-7-16/h6-11,13,15,17H,3-5,12,14H2,1-2H3,(H,25,27)/t15-,17+/m0/s1. The molecule has 1 fully saturated rings. The number of amides is 1. The van der Waals surface area contributed by atoms with Crippen LogP contribution in [0.4, 0.5) is 4.39 Å². The van der Waals surface area contributed by atoms with E-state index in [0.29, 0.717) is 31.0 Å². The molecule has 0 bridgehead atoms. The fourth-order valence-corrected chi connectivity index (χ4v) is 5.56. The fraction of sp³-hybridized carbons (Fsp3) is 0.409. The van der Waals surface area contributed by atoms with Crippen molar-refractivity contribution in [1.82, 2.24) is 9.62 Å². The van der Waals surface area contributed by atoms with Crippen LogP contribution in [0.5, 0.6) is 5.75 Å². The van der Waals surface area contributed by atoms with Crippen molar-refractivity contribution in [2.24, 2.45) is 5.92 Å². The van der Waals surface area contributed by atoms with E-state index in [-0.39, 0.29) is 35.0 Å². The van der Waals surface area contributed by atoms with Crippen molar-refractivity contribution in [2.45, 2.75) is 37.6 Å². The Balaban J connectivity index is 1.74. The molecule has 2 aromatic carbocycles. The molecule has 1 N–H and O–H groups in total.